The lowest BCUT2D eigenvalue weighted by molar-refractivity contribution is -0.142. The largest absolute Gasteiger partial charge is 0.466 e. The Hall–Kier alpha value is -3.16. The summed E-state index contributed by atoms with van der Waals surface area (Å²) in [5, 5.41) is 0. The van der Waals surface area contributed by atoms with Crippen molar-refractivity contribution in [3.05, 3.63) is 29.8 Å². The normalized spacial score (nSPS) is 10.3. The summed E-state index contributed by atoms with van der Waals surface area (Å²) in [7, 11) is 0. The van der Waals surface area contributed by atoms with Gasteiger partial charge in [-0.2, -0.15) is 0 Å². The minimum absolute atomic E-state index is 0.0598. The topological polar surface area (TPSA) is 105 Å². The Morgan fingerprint density at radius 2 is 1.46 bits per heavy atom. The fraction of sp³-hybridized carbons (Fsp3) is 0.333. The van der Waals surface area contributed by atoms with Gasteiger partial charge < -0.3 is 18.9 Å². The number of carbonyl (C=O) groups is 4. The number of hydrogen-bond donors (Lipinski definition) is 0. The summed E-state index contributed by atoms with van der Waals surface area (Å²) >= 11 is 0. The number of ether oxygens (including phenoxy) is 4. The summed E-state index contributed by atoms with van der Waals surface area (Å²) in [4.78, 5) is 44.4. The van der Waals surface area contributed by atoms with Gasteiger partial charge in [-0.15, -0.1) is 0 Å². The molecule has 0 bridgehead atoms. The molecule has 0 saturated carbocycles. The summed E-state index contributed by atoms with van der Waals surface area (Å²) in [5.41, 5.74) is 0.536. The van der Waals surface area contributed by atoms with E-state index in [9.17, 15) is 19.2 Å². The molecule has 0 aromatic heterocycles. The van der Waals surface area contributed by atoms with Gasteiger partial charge in [0.2, 0.25) is 0 Å². The summed E-state index contributed by atoms with van der Waals surface area (Å²) in [6.45, 7) is 4.03. The van der Waals surface area contributed by atoms with Crippen molar-refractivity contribution in [3.8, 4) is 11.5 Å². The van der Waals surface area contributed by atoms with Gasteiger partial charge in [0.05, 0.1) is 13.2 Å². The zero-order chi connectivity index (χ0) is 19.5. The summed E-state index contributed by atoms with van der Waals surface area (Å²) in [6, 6.07) is 4.48. The first-order chi connectivity index (χ1) is 12.3. The Bertz CT molecular complexity index is 705. The second kappa shape index (κ2) is 10.7. The molecule has 0 atom stereocenters. The molecule has 1 aromatic carbocycles. The fourth-order valence-electron chi connectivity index (χ4n) is 1.76. The highest BCUT2D eigenvalue weighted by Gasteiger charge is 2.10. The fourth-order valence-corrected chi connectivity index (χ4v) is 1.76. The van der Waals surface area contributed by atoms with E-state index < -0.39 is 23.9 Å². The molecule has 8 heteroatoms. The van der Waals surface area contributed by atoms with Crippen LogP contribution < -0.4 is 9.47 Å². The third kappa shape index (κ3) is 8.62. The molecule has 0 radical (unpaired) electrons. The van der Waals surface area contributed by atoms with Crippen LogP contribution >= 0.6 is 0 Å². The van der Waals surface area contributed by atoms with Crippen LogP contribution in [0, 0.1) is 0 Å². The molecule has 1 rings (SSSR count). The van der Waals surface area contributed by atoms with Gasteiger partial charge >= 0.3 is 23.9 Å². The molecular formula is C18H20O8. The zero-order valence-corrected chi connectivity index (χ0v) is 14.8. The molecule has 0 heterocycles. The van der Waals surface area contributed by atoms with Crippen LogP contribution in [-0.2, 0) is 28.7 Å². The molecule has 0 N–H and O–H groups in total. The molecule has 0 aliphatic carbocycles. The minimum Gasteiger partial charge on any atom is -0.466 e. The summed E-state index contributed by atoms with van der Waals surface area (Å²) in [6.07, 6.45) is 3.05. The molecule has 1 aromatic rings. The number of carbonyl (C=O) groups excluding carboxylic acids is 4. The van der Waals surface area contributed by atoms with Crippen molar-refractivity contribution in [1.82, 2.24) is 0 Å². The van der Waals surface area contributed by atoms with E-state index in [1.165, 1.54) is 45.1 Å². The standard InChI is InChI=1S/C18H20O8/c1-12(19)23-9-4-10-24-18(22)8-6-15-5-7-16(25-13(2)20)17(11-15)26-14(3)21/h5-8,11H,4,9-10H2,1-3H3/b8-6+. The van der Waals surface area contributed by atoms with Crippen LogP contribution in [0.3, 0.4) is 0 Å². The van der Waals surface area contributed by atoms with Gasteiger partial charge in [-0.1, -0.05) is 6.07 Å². The maximum atomic E-state index is 11.6. The zero-order valence-electron chi connectivity index (χ0n) is 14.8. The molecule has 0 unspecified atom stereocenters. The van der Waals surface area contributed by atoms with Crippen LogP contribution in [0.15, 0.2) is 24.3 Å². The van der Waals surface area contributed by atoms with E-state index in [-0.39, 0.29) is 24.7 Å². The third-order valence-electron chi connectivity index (χ3n) is 2.73. The first-order valence-corrected chi connectivity index (χ1v) is 7.77. The average Bonchev–Trinajstić information content (AvgIpc) is 2.53. The van der Waals surface area contributed by atoms with Gasteiger partial charge in [-0.25, -0.2) is 4.79 Å². The van der Waals surface area contributed by atoms with Crippen LogP contribution in [-0.4, -0.2) is 37.1 Å². The average molecular weight is 364 g/mol. The highest BCUT2D eigenvalue weighted by atomic mass is 16.6. The SMILES string of the molecule is CC(=O)OCCCOC(=O)/C=C/c1ccc(OC(C)=O)c(OC(C)=O)c1. The van der Waals surface area contributed by atoms with E-state index in [1.54, 1.807) is 6.07 Å². The van der Waals surface area contributed by atoms with Crippen molar-refractivity contribution >= 4 is 30.0 Å². The number of hydrogen-bond acceptors (Lipinski definition) is 8. The van der Waals surface area contributed by atoms with E-state index >= 15 is 0 Å². The number of benzene rings is 1. The van der Waals surface area contributed by atoms with Gasteiger partial charge in [-0.3, -0.25) is 14.4 Å². The Morgan fingerprint density at radius 1 is 0.846 bits per heavy atom. The van der Waals surface area contributed by atoms with Crippen LogP contribution in [0.5, 0.6) is 11.5 Å². The molecule has 0 aliphatic rings. The third-order valence-corrected chi connectivity index (χ3v) is 2.73. The van der Waals surface area contributed by atoms with Crippen molar-refractivity contribution in [2.24, 2.45) is 0 Å². The Labute approximate surface area is 150 Å². The number of rotatable bonds is 8. The minimum atomic E-state index is -0.578. The quantitative estimate of drug-likeness (QED) is 0.299. The Kier molecular flexibility index (Phi) is 8.56. The van der Waals surface area contributed by atoms with E-state index in [2.05, 4.69) is 0 Å². The Balaban J connectivity index is 2.65. The van der Waals surface area contributed by atoms with E-state index in [4.69, 9.17) is 18.9 Å². The predicted octanol–water partition coefficient (Wildman–Crippen LogP) is 2.05. The predicted molar refractivity (Wildman–Crippen MR) is 90.3 cm³/mol. The van der Waals surface area contributed by atoms with Gasteiger partial charge in [0.15, 0.2) is 11.5 Å². The van der Waals surface area contributed by atoms with E-state index in [0.717, 1.165) is 0 Å². The van der Waals surface area contributed by atoms with Crippen molar-refractivity contribution in [3.63, 3.8) is 0 Å². The molecule has 26 heavy (non-hydrogen) atoms. The molecule has 0 aliphatic heterocycles. The maximum Gasteiger partial charge on any atom is 0.330 e. The summed E-state index contributed by atoms with van der Waals surface area (Å²) in [5.74, 6) is -1.95. The first kappa shape index (κ1) is 20.9. The molecule has 0 amide bonds. The van der Waals surface area contributed by atoms with Crippen LogP contribution in [0.4, 0.5) is 0 Å². The van der Waals surface area contributed by atoms with Crippen LogP contribution in [0.25, 0.3) is 6.08 Å². The molecule has 140 valence electrons. The smallest absolute Gasteiger partial charge is 0.330 e. The molecule has 8 nitrogen and oxygen atoms in total. The number of esters is 4. The lowest BCUT2D eigenvalue weighted by Crippen LogP contribution is -2.07. The van der Waals surface area contributed by atoms with Gasteiger partial charge in [-0.05, 0) is 23.8 Å². The lowest BCUT2D eigenvalue weighted by atomic mass is 10.2. The van der Waals surface area contributed by atoms with Crippen molar-refractivity contribution in [1.29, 1.82) is 0 Å². The van der Waals surface area contributed by atoms with Crippen molar-refractivity contribution in [2.45, 2.75) is 27.2 Å². The second-order valence-electron chi connectivity index (χ2n) is 5.09. The van der Waals surface area contributed by atoms with Crippen LogP contribution in [0.1, 0.15) is 32.8 Å². The molecule has 0 fully saturated rings. The molecule has 0 saturated heterocycles. The second-order valence-corrected chi connectivity index (χ2v) is 5.09. The van der Waals surface area contributed by atoms with Crippen molar-refractivity contribution in [2.75, 3.05) is 13.2 Å². The molecule has 0 spiro atoms. The first-order valence-electron chi connectivity index (χ1n) is 7.77. The highest BCUT2D eigenvalue weighted by Crippen LogP contribution is 2.29. The van der Waals surface area contributed by atoms with Crippen molar-refractivity contribution < 1.29 is 38.1 Å². The van der Waals surface area contributed by atoms with E-state index in [0.29, 0.717) is 12.0 Å². The van der Waals surface area contributed by atoms with Gasteiger partial charge in [0.1, 0.15) is 0 Å². The summed E-state index contributed by atoms with van der Waals surface area (Å²) < 4.78 is 19.6. The maximum absolute atomic E-state index is 11.6. The monoisotopic (exact) mass is 364 g/mol. The molecular weight excluding hydrogens is 344 g/mol. The van der Waals surface area contributed by atoms with Gasteiger partial charge in [0, 0.05) is 33.3 Å². The van der Waals surface area contributed by atoms with E-state index in [1.807, 2.05) is 0 Å². The van der Waals surface area contributed by atoms with Gasteiger partial charge in [0.25, 0.3) is 0 Å². The lowest BCUT2D eigenvalue weighted by Gasteiger charge is -2.09. The Morgan fingerprint density at radius 3 is 2.08 bits per heavy atom. The highest BCUT2D eigenvalue weighted by molar-refractivity contribution is 5.87. The van der Waals surface area contributed by atoms with Crippen LogP contribution in [0.2, 0.25) is 0 Å².